The average Bonchev–Trinajstić information content (AvgIpc) is 2.15. The van der Waals surface area contributed by atoms with Gasteiger partial charge in [-0.05, 0) is 6.42 Å². The monoisotopic (exact) mass is 179 g/mol. The fraction of sp³-hybridized carbons (Fsp3) is 0.667. The van der Waals surface area contributed by atoms with Gasteiger partial charge in [0.15, 0.2) is 0 Å². The summed E-state index contributed by atoms with van der Waals surface area (Å²) in [5.41, 5.74) is 0. The molecule has 4 nitrogen and oxygen atoms in total. The Bertz CT molecular complexity index is 249. The molecule has 70 valence electrons. The molecule has 0 radical (unpaired) electrons. The lowest BCUT2D eigenvalue weighted by Crippen LogP contribution is -2.32. The Kier molecular flexibility index (Phi) is 5.30. The fourth-order valence-corrected chi connectivity index (χ4v) is 0.915. The average molecular weight is 179 g/mol. The zero-order valence-corrected chi connectivity index (χ0v) is 7.95. The third-order valence-electron chi connectivity index (χ3n) is 1.80. The molecule has 0 spiro atoms. The standard InChI is InChI=1S/C9H13N3O/c1-3-8(7-11)9(13)12(2)6-4-5-10/h8H,3-4,6H2,1-2H3. The highest BCUT2D eigenvalue weighted by Crippen LogP contribution is 2.05. The SMILES string of the molecule is CCC(C#N)C(=O)N(C)CCC#N. The minimum Gasteiger partial charge on any atom is -0.344 e. The third kappa shape index (κ3) is 3.57. The number of hydrogen-bond acceptors (Lipinski definition) is 3. The molecule has 0 aromatic rings. The van der Waals surface area contributed by atoms with E-state index in [0.717, 1.165) is 0 Å². The summed E-state index contributed by atoms with van der Waals surface area (Å²) < 4.78 is 0. The van der Waals surface area contributed by atoms with Gasteiger partial charge in [-0.2, -0.15) is 10.5 Å². The van der Waals surface area contributed by atoms with Crippen LogP contribution in [0.1, 0.15) is 19.8 Å². The van der Waals surface area contributed by atoms with Gasteiger partial charge in [0, 0.05) is 13.6 Å². The Morgan fingerprint density at radius 3 is 2.54 bits per heavy atom. The van der Waals surface area contributed by atoms with Crippen LogP contribution < -0.4 is 0 Å². The first kappa shape index (κ1) is 11.4. The van der Waals surface area contributed by atoms with Crippen LogP contribution in [-0.2, 0) is 4.79 Å². The predicted molar refractivity (Wildman–Crippen MR) is 47.3 cm³/mol. The lowest BCUT2D eigenvalue weighted by molar-refractivity contribution is -0.132. The van der Waals surface area contributed by atoms with Crippen LogP contribution in [0, 0.1) is 28.6 Å². The smallest absolute Gasteiger partial charge is 0.239 e. The molecular formula is C9H13N3O. The summed E-state index contributed by atoms with van der Waals surface area (Å²) in [7, 11) is 1.61. The minimum absolute atomic E-state index is 0.194. The van der Waals surface area contributed by atoms with Crippen molar-refractivity contribution in [3.63, 3.8) is 0 Å². The van der Waals surface area contributed by atoms with Crippen molar-refractivity contribution in [2.24, 2.45) is 5.92 Å². The number of amides is 1. The van der Waals surface area contributed by atoms with Crippen molar-refractivity contribution in [3.05, 3.63) is 0 Å². The van der Waals surface area contributed by atoms with Crippen molar-refractivity contribution < 1.29 is 4.79 Å². The molecule has 4 heteroatoms. The summed E-state index contributed by atoms with van der Waals surface area (Å²) in [5.74, 6) is -0.760. The Morgan fingerprint density at radius 2 is 2.15 bits per heavy atom. The van der Waals surface area contributed by atoms with Crippen LogP contribution >= 0.6 is 0 Å². The van der Waals surface area contributed by atoms with Crippen molar-refractivity contribution in [2.45, 2.75) is 19.8 Å². The van der Waals surface area contributed by atoms with Gasteiger partial charge in [-0.1, -0.05) is 6.92 Å². The van der Waals surface area contributed by atoms with Crippen LogP contribution in [0.15, 0.2) is 0 Å². The van der Waals surface area contributed by atoms with E-state index in [0.29, 0.717) is 19.4 Å². The summed E-state index contributed by atoms with van der Waals surface area (Å²) >= 11 is 0. The first-order chi connectivity index (χ1) is 6.17. The van der Waals surface area contributed by atoms with E-state index in [1.807, 2.05) is 12.1 Å². The molecule has 0 bridgehead atoms. The molecule has 1 unspecified atom stereocenters. The summed E-state index contributed by atoms with van der Waals surface area (Å²) in [4.78, 5) is 12.8. The minimum atomic E-state index is -0.566. The van der Waals surface area contributed by atoms with Crippen molar-refractivity contribution in [1.29, 1.82) is 10.5 Å². The molecule has 0 N–H and O–H groups in total. The zero-order valence-electron chi connectivity index (χ0n) is 7.95. The van der Waals surface area contributed by atoms with Crippen LogP contribution in [-0.4, -0.2) is 24.4 Å². The highest BCUT2D eigenvalue weighted by molar-refractivity contribution is 5.80. The number of rotatable bonds is 4. The van der Waals surface area contributed by atoms with Gasteiger partial charge in [0.1, 0.15) is 5.92 Å². The van der Waals surface area contributed by atoms with E-state index < -0.39 is 5.92 Å². The molecular weight excluding hydrogens is 166 g/mol. The number of carbonyl (C=O) groups is 1. The molecule has 1 amide bonds. The van der Waals surface area contributed by atoms with Crippen molar-refractivity contribution in [3.8, 4) is 12.1 Å². The van der Waals surface area contributed by atoms with Crippen molar-refractivity contribution in [1.82, 2.24) is 4.90 Å². The number of hydrogen-bond donors (Lipinski definition) is 0. The van der Waals surface area contributed by atoms with Crippen molar-refractivity contribution >= 4 is 5.91 Å². The maximum absolute atomic E-state index is 11.4. The Labute approximate surface area is 78.4 Å². The van der Waals surface area contributed by atoms with E-state index in [2.05, 4.69) is 0 Å². The highest BCUT2D eigenvalue weighted by atomic mass is 16.2. The number of carbonyl (C=O) groups excluding carboxylic acids is 1. The van der Waals surface area contributed by atoms with Gasteiger partial charge in [-0.3, -0.25) is 4.79 Å². The van der Waals surface area contributed by atoms with Crippen molar-refractivity contribution in [2.75, 3.05) is 13.6 Å². The quantitative estimate of drug-likeness (QED) is 0.644. The van der Waals surface area contributed by atoms with Gasteiger partial charge in [0.25, 0.3) is 0 Å². The van der Waals surface area contributed by atoms with Gasteiger partial charge in [-0.15, -0.1) is 0 Å². The maximum atomic E-state index is 11.4. The largest absolute Gasteiger partial charge is 0.344 e. The molecule has 0 aliphatic heterocycles. The van der Waals surface area contributed by atoms with Crippen LogP contribution in [0.25, 0.3) is 0 Å². The molecule has 0 saturated carbocycles. The molecule has 0 heterocycles. The Balaban J connectivity index is 4.11. The first-order valence-electron chi connectivity index (χ1n) is 4.18. The van der Waals surface area contributed by atoms with E-state index in [-0.39, 0.29) is 5.91 Å². The fourth-order valence-electron chi connectivity index (χ4n) is 0.915. The predicted octanol–water partition coefficient (Wildman–Crippen LogP) is 0.908. The van der Waals surface area contributed by atoms with Crippen LogP contribution in [0.3, 0.4) is 0 Å². The number of nitriles is 2. The van der Waals surface area contributed by atoms with E-state index in [1.165, 1.54) is 4.90 Å². The van der Waals surface area contributed by atoms with Crippen LogP contribution in [0.2, 0.25) is 0 Å². The second-order valence-corrected chi connectivity index (χ2v) is 2.76. The van der Waals surface area contributed by atoms with Gasteiger partial charge >= 0.3 is 0 Å². The van der Waals surface area contributed by atoms with E-state index in [4.69, 9.17) is 10.5 Å². The molecule has 1 atom stereocenters. The first-order valence-corrected chi connectivity index (χ1v) is 4.18. The second kappa shape index (κ2) is 6.02. The number of nitrogens with zero attached hydrogens (tertiary/aromatic N) is 3. The molecule has 0 aliphatic rings. The lowest BCUT2D eigenvalue weighted by atomic mass is 10.1. The highest BCUT2D eigenvalue weighted by Gasteiger charge is 2.18. The van der Waals surface area contributed by atoms with Gasteiger partial charge in [0.2, 0.25) is 5.91 Å². The van der Waals surface area contributed by atoms with Crippen LogP contribution in [0.4, 0.5) is 0 Å². The molecule has 0 saturated heterocycles. The van der Waals surface area contributed by atoms with Gasteiger partial charge in [0.05, 0.1) is 18.6 Å². The third-order valence-corrected chi connectivity index (χ3v) is 1.80. The Hall–Kier alpha value is -1.55. The molecule has 0 fully saturated rings. The molecule has 0 aromatic carbocycles. The van der Waals surface area contributed by atoms with Gasteiger partial charge < -0.3 is 4.90 Å². The van der Waals surface area contributed by atoms with E-state index in [1.54, 1.807) is 14.0 Å². The van der Waals surface area contributed by atoms with E-state index >= 15 is 0 Å². The zero-order chi connectivity index (χ0) is 10.3. The maximum Gasteiger partial charge on any atom is 0.239 e. The topological polar surface area (TPSA) is 67.9 Å². The molecule has 0 aromatic heterocycles. The summed E-state index contributed by atoms with van der Waals surface area (Å²) in [6.45, 7) is 2.19. The molecule has 0 aliphatic carbocycles. The van der Waals surface area contributed by atoms with E-state index in [9.17, 15) is 4.79 Å². The Morgan fingerprint density at radius 1 is 1.54 bits per heavy atom. The second-order valence-electron chi connectivity index (χ2n) is 2.76. The molecule has 13 heavy (non-hydrogen) atoms. The lowest BCUT2D eigenvalue weighted by Gasteiger charge is -2.17. The summed E-state index contributed by atoms with van der Waals surface area (Å²) in [6.07, 6.45) is 0.830. The summed E-state index contributed by atoms with van der Waals surface area (Å²) in [5, 5.41) is 16.9. The molecule has 0 rings (SSSR count). The summed E-state index contributed by atoms with van der Waals surface area (Å²) in [6, 6.07) is 3.89. The normalized spacial score (nSPS) is 11.1. The van der Waals surface area contributed by atoms with Gasteiger partial charge in [-0.25, -0.2) is 0 Å². The van der Waals surface area contributed by atoms with Crippen LogP contribution in [0.5, 0.6) is 0 Å².